The van der Waals surface area contributed by atoms with Crippen molar-refractivity contribution in [2.24, 2.45) is 0 Å². The van der Waals surface area contributed by atoms with E-state index in [2.05, 4.69) is 26.9 Å². The number of ether oxygens (including phenoxy) is 1. The van der Waals surface area contributed by atoms with Gasteiger partial charge >= 0.3 is 0 Å². The van der Waals surface area contributed by atoms with E-state index in [0.717, 1.165) is 22.5 Å². The average molecular weight is 323 g/mol. The third-order valence-electron chi connectivity index (χ3n) is 3.33. The smallest absolute Gasteiger partial charge is 0.262 e. The Kier molecular flexibility index (Phi) is 4.51. The lowest BCUT2D eigenvalue weighted by Crippen LogP contribution is -2.20. The predicted octanol–water partition coefficient (Wildman–Crippen LogP) is 2.30. The van der Waals surface area contributed by atoms with Crippen LogP contribution >= 0.6 is 0 Å². The van der Waals surface area contributed by atoms with Gasteiger partial charge in [0.05, 0.1) is 5.69 Å². The van der Waals surface area contributed by atoms with Crippen LogP contribution < -0.4 is 10.1 Å². The Morgan fingerprint density at radius 1 is 1.12 bits per heavy atom. The summed E-state index contributed by atoms with van der Waals surface area (Å²) in [5.74, 6) is 0.395. The lowest BCUT2D eigenvalue weighted by Gasteiger charge is -2.09. The van der Waals surface area contributed by atoms with Crippen molar-refractivity contribution in [3.63, 3.8) is 0 Å². The molecule has 0 bridgehead atoms. The molecule has 0 aliphatic rings. The van der Waals surface area contributed by atoms with E-state index in [-0.39, 0.29) is 12.5 Å². The van der Waals surface area contributed by atoms with Crippen molar-refractivity contribution >= 4 is 11.6 Å². The standard InChI is InChI=1S/C17H17N5O2/c1-12-7-13(2)9-14(8-12)19-17(23)10-24-16-5-3-15(4-6-16)22-11-18-20-21-22/h3-9,11H,10H2,1-2H3,(H,19,23). The summed E-state index contributed by atoms with van der Waals surface area (Å²) in [6, 6.07) is 13.1. The number of hydrogen-bond acceptors (Lipinski definition) is 5. The first-order chi connectivity index (χ1) is 11.6. The summed E-state index contributed by atoms with van der Waals surface area (Å²) < 4.78 is 7.04. The molecule has 0 saturated heterocycles. The Labute approximate surface area is 139 Å². The molecule has 122 valence electrons. The number of rotatable bonds is 5. The van der Waals surface area contributed by atoms with Crippen LogP contribution in [0.25, 0.3) is 5.69 Å². The number of aromatic nitrogens is 4. The number of anilines is 1. The number of nitrogens with one attached hydrogen (secondary N) is 1. The van der Waals surface area contributed by atoms with Gasteiger partial charge in [-0.1, -0.05) is 6.07 Å². The molecule has 3 aromatic rings. The van der Waals surface area contributed by atoms with Crippen LogP contribution in [-0.4, -0.2) is 32.7 Å². The highest BCUT2D eigenvalue weighted by Crippen LogP contribution is 2.15. The van der Waals surface area contributed by atoms with Crippen LogP contribution in [0.3, 0.4) is 0 Å². The minimum atomic E-state index is -0.204. The largest absolute Gasteiger partial charge is 0.484 e. The molecule has 0 unspecified atom stereocenters. The monoisotopic (exact) mass is 323 g/mol. The van der Waals surface area contributed by atoms with Crippen LogP contribution in [0.15, 0.2) is 48.8 Å². The molecule has 1 N–H and O–H groups in total. The van der Waals surface area contributed by atoms with Gasteiger partial charge in [-0.25, -0.2) is 4.68 Å². The number of aryl methyl sites for hydroxylation is 2. The van der Waals surface area contributed by atoms with Crippen LogP contribution in [-0.2, 0) is 4.79 Å². The van der Waals surface area contributed by atoms with Gasteiger partial charge in [-0.15, -0.1) is 5.10 Å². The molecule has 0 atom stereocenters. The molecule has 0 spiro atoms. The molecule has 24 heavy (non-hydrogen) atoms. The van der Waals surface area contributed by atoms with Crippen molar-refractivity contribution in [1.29, 1.82) is 0 Å². The number of carbonyl (C=O) groups is 1. The molecule has 3 rings (SSSR count). The summed E-state index contributed by atoms with van der Waals surface area (Å²) in [5.41, 5.74) is 3.79. The van der Waals surface area contributed by atoms with Gasteiger partial charge < -0.3 is 10.1 Å². The molecule has 0 saturated carbocycles. The first-order valence-corrected chi connectivity index (χ1v) is 7.44. The van der Waals surface area contributed by atoms with Crippen molar-refractivity contribution in [3.05, 3.63) is 59.9 Å². The van der Waals surface area contributed by atoms with Crippen molar-refractivity contribution in [3.8, 4) is 11.4 Å². The molecule has 1 aromatic heterocycles. The number of tetrazole rings is 1. The van der Waals surface area contributed by atoms with E-state index in [9.17, 15) is 4.79 Å². The Morgan fingerprint density at radius 2 is 1.83 bits per heavy atom. The van der Waals surface area contributed by atoms with Gasteiger partial charge in [-0.2, -0.15) is 0 Å². The second kappa shape index (κ2) is 6.91. The zero-order valence-corrected chi connectivity index (χ0v) is 13.4. The number of hydrogen-bond donors (Lipinski definition) is 1. The minimum absolute atomic E-state index is 0.0583. The van der Waals surface area contributed by atoms with E-state index >= 15 is 0 Å². The van der Waals surface area contributed by atoms with Crippen molar-refractivity contribution in [2.45, 2.75) is 13.8 Å². The second-order valence-corrected chi connectivity index (χ2v) is 5.46. The summed E-state index contributed by atoms with van der Waals surface area (Å²) in [4.78, 5) is 12.0. The van der Waals surface area contributed by atoms with Gasteiger partial charge in [0.2, 0.25) is 0 Å². The first kappa shape index (κ1) is 15.7. The van der Waals surface area contributed by atoms with E-state index in [4.69, 9.17) is 4.74 Å². The summed E-state index contributed by atoms with van der Waals surface area (Å²) in [6.45, 7) is 3.92. The van der Waals surface area contributed by atoms with E-state index in [1.807, 2.05) is 38.1 Å². The summed E-state index contributed by atoms with van der Waals surface area (Å²) in [6.07, 6.45) is 1.51. The molecular formula is C17H17N5O2. The Balaban J connectivity index is 1.56. The van der Waals surface area contributed by atoms with Gasteiger partial charge in [0.25, 0.3) is 5.91 Å². The molecule has 0 radical (unpaired) electrons. The van der Waals surface area contributed by atoms with Gasteiger partial charge in [-0.05, 0) is 71.8 Å². The van der Waals surface area contributed by atoms with Gasteiger partial charge in [0, 0.05) is 5.69 Å². The zero-order valence-electron chi connectivity index (χ0n) is 13.4. The number of amides is 1. The normalized spacial score (nSPS) is 10.4. The zero-order chi connectivity index (χ0) is 16.9. The minimum Gasteiger partial charge on any atom is -0.484 e. The van der Waals surface area contributed by atoms with Crippen molar-refractivity contribution in [1.82, 2.24) is 20.2 Å². The van der Waals surface area contributed by atoms with E-state index in [1.165, 1.54) is 11.0 Å². The Hall–Kier alpha value is -3.22. The van der Waals surface area contributed by atoms with Crippen LogP contribution in [0.1, 0.15) is 11.1 Å². The van der Waals surface area contributed by atoms with Crippen LogP contribution in [0.4, 0.5) is 5.69 Å². The van der Waals surface area contributed by atoms with E-state index < -0.39 is 0 Å². The highest BCUT2D eigenvalue weighted by atomic mass is 16.5. The number of benzene rings is 2. The SMILES string of the molecule is Cc1cc(C)cc(NC(=O)COc2ccc(-n3cnnn3)cc2)c1. The van der Waals surface area contributed by atoms with E-state index in [0.29, 0.717) is 5.75 Å². The number of nitrogens with zero attached hydrogens (tertiary/aromatic N) is 4. The van der Waals surface area contributed by atoms with Crippen molar-refractivity contribution in [2.75, 3.05) is 11.9 Å². The maximum absolute atomic E-state index is 12.0. The second-order valence-electron chi connectivity index (χ2n) is 5.46. The van der Waals surface area contributed by atoms with E-state index in [1.54, 1.807) is 12.1 Å². The van der Waals surface area contributed by atoms with Crippen LogP contribution in [0.5, 0.6) is 5.75 Å². The topological polar surface area (TPSA) is 81.9 Å². The highest BCUT2D eigenvalue weighted by molar-refractivity contribution is 5.92. The first-order valence-electron chi connectivity index (χ1n) is 7.44. The van der Waals surface area contributed by atoms with Gasteiger partial charge in [0.15, 0.2) is 6.61 Å². The molecule has 7 heteroatoms. The van der Waals surface area contributed by atoms with Gasteiger partial charge in [0.1, 0.15) is 12.1 Å². The molecule has 2 aromatic carbocycles. The number of carbonyl (C=O) groups excluding carboxylic acids is 1. The van der Waals surface area contributed by atoms with Gasteiger partial charge in [-0.3, -0.25) is 4.79 Å². The fraction of sp³-hybridized carbons (Fsp3) is 0.176. The molecule has 0 aliphatic carbocycles. The lowest BCUT2D eigenvalue weighted by atomic mass is 10.1. The maximum Gasteiger partial charge on any atom is 0.262 e. The highest BCUT2D eigenvalue weighted by Gasteiger charge is 2.05. The van der Waals surface area contributed by atoms with Crippen LogP contribution in [0.2, 0.25) is 0 Å². The quantitative estimate of drug-likeness (QED) is 0.779. The summed E-state index contributed by atoms with van der Waals surface area (Å²) in [5, 5.41) is 13.8. The molecule has 7 nitrogen and oxygen atoms in total. The fourth-order valence-electron chi connectivity index (χ4n) is 2.37. The van der Waals surface area contributed by atoms with Crippen molar-refractivity contribution < 1.29 is 9.53 Å². The van der Waals surface area contributed by atoms with Crippen LogP contribution in [0, 0.1) is 13.8 Å². The lowest BCUT2D eigenvalue weighted by molar-refractivity contribution is -0.118. The summed E-state index contributed by atoms with van der Waals surface area (Å²) >= 11 is 0. The predicted molar refractivity (Wildman–Crippen MR) is 89.2 cm³/mol. The third-order valence-corrected chi connectivity index (χ3v) is 3.33. The fourth-order valence-corrected chi connectivity index (χ4v) is 2.37. The Bertz CT molecular complexity index is 808. The molecule has 0 aliphatic heterocycles. The average Bonchev–Trinajstić information content (AvgIpc) is 3.07. The third kappa shape index (κ3) is 3.95. The molecule has 1 heterocycles. The molecule has 0 fully saturated rings. The molecular weight excluding hydrogens is 306 g/mol. The Morgan fingerprint density at radius 3 is 2.46 bits per heavy atom. The maximum atomic E-state index is 12.0. The summed E-state index contributed by atoms with van der Waals surface area (Å²) in [7, 11) is 0. The molecule has 1 amide bonds.